The van der Waals surface area contributed by atoms with Crippen LogP contribution in [0.5, 0.6) is 17.2 Å². The molecular formula is C21H26FNO4. The Morgan fingerprint density at radius 1 is 1.04 bits per heavy atom. The molecule has 1 atom stereocenters. The first-order valence-electron chi connectivity index (χ1n) is 8.99. The van der Waals surface area contributed by atoms with Gasteiger partial charge in [0.1, 0.15) is 0 Å². The summed E-state index contributed by atoms with van der Waals surface area (Å²) < 4.78 is 29.8. The van der Waals surface area contributed by atoms with E-state index in [0.717, 1.165) is 5.56 Å². The van der Waals surface area contributed by atoms with Gasteiger partial charge in [-0.05, 0) is 56.2 Å². The summed E-state index contributed by atoms with van der Waals surface area (Å²) in [5, 5.41) is 2.92. The van der Waals surface area contributed by atoms with Crippen molar-refractivity contribution in [2.24, 2.45) is 0 Å². The smallest absolute Gasteiger partial charge is 0.224 e. The predicted octanol–water partition coefficient (Wildman–Crippen LogP) is 4.05. The molecule has 2 aromatic carbocycles. The van der Waals surface area contributed by atoms with Crippen LogP contribution in [0.3, 0.4) is 0 Å². The minimum Gasteiger partial charge on any atom is -0.494 e. The van der Waals surface area contributed by atoms with Crippen LogP contribution in [0.15, 0.2) is 36.4 Å². The lowest BCUT2D eigenvalue weighted by Crippen LogP contribution is -2.28. The molecule has 0 fully saturated rings. The van der Waals surface area contributed by atoms with E-state index in [-0.39, 0.29) is 24.1 Å². The third-order valence-corrected chi connectivity index (χ3v) is 4.03. The number of methoxy groups -OCH3 is 1. The highest BCUT2D eigenvalue weighted by Crippen LogP contribution is 2.30. The molecule has 1 amide bonds. The number of halogens is 1. The van der Waals surface area contributed by atoms with Crippen molar-refractivity contribution in [3.63, 3.8) is 0 Å². The Morgan fingerprint density at radius 3 is 2.33 bits per heavy atom. The Bertz CT molecular complexity index is 779. The highest BCUT2D eigenvalue weighted by molar-refractivity contribution is 5.79. The maximum Gasteiger partial charge on any atom is 0.224 e. The van der Waals surface area contributed by atoms with E-state index in [1.807, 2.05) is 39.0 Å². The summed E-state index contributed by atoms with van der Waals surface area (Å²) >= 11 is 0. The number of hydrogen-bond donors (Lipinski definition) is 1. The van der Waals surface area contributed by atoms with Gasteiger partial charge in [0, 0.05) is 0 Å². The second-order valence-electron chi connectivity index (χ2n) is 6.01. The second kappa shape index (κ2) is 9.80. The van der Waals surface area contributed by atoms with Crippen molar-refractivity contribution in [2.45, 2.75) is 33.2 Å². The first kappa shape index (κ1) is 20.6. The third kappa shape index (κ3) is 5.61. The Hall–Kier alpha value is -2.76. The Morgan fingerprint density at radius 2 is 1.70 bits per heavy atom. The van der Waals surface area contributed by atoms with E-state index in [1.54, 1.807) is 6.07 Å². The number of benzene rings is 2. The summed E-state index contributed by atoms with van der Waals surface area (Å²) in [6.07, 6.45) is 0.0839. The Labute approximate surface area is 159 Å². The molecule has 0 heterocycles. The average molecular weight is 375 g/mol. The predicted molar refractivity (Wildman–Crippen MR) is 102 cm³/mol. The Kier molecular flexibility index (Phi) is 7.46. The maximum absolute atomic E-state index is 13.8. The van der Waals surface area contributed by atoms with Gasteiger partial charge in [-0.3, -0.25) is 4.79 Å². The van der Waals surface area contributed by atoms with Gasteiger partial charge < -0.3 is 19.5 Å². The van der Waals surface area contributed by atoms with Crippen molar-refractivity contribution in [2.75, 3.05) is 20.3 Å². The van der Waals surface area contributed by atoms with E-state index < -0.39 is 5.82 Å². The number of amides is 1. The molecule has 0 aliphatic carbocycles. The SMILES string of the molecule is CCOc1ccc(C(C)NC(=O)Cc2ccc(OC)c(F)c2)cc1OCC. The molecule has 2 rings (SSSR count). The van der Waals surface area contributed by atoms with Gasteiger partial charge in [0.05, 0.1) is 32.8 Å². The molecule has 0 aliphatic heterocycles. The quantitative estimate of drug-likeness (QED) is 0.718. The molecule has 0 saturated carbocycles. The lowest BCUT2D eigenvalue weighted by atomic mass is 10.1. The standard InChI is InChI=1S/C21H26FNO4/c1-5-26-19-10-8-16(13-20(19)27-6-2)14(3)23-21(24)12-15-7-9-18(25-4)17(22)11-15/h7-11,13-14H,5-6,12H2,1-4H3,(H,23,24). The van der Waals surface area contributed by atoms with Crippen LogP contribution >= 0.6 is 0 Å². The largest absolute Gasteiger partial charge is 0.494 e. The first-order chi connectivity index (χ1) is 13.0. The minimum atomic E-state index is -0.483. The van der Waals surface area contributed by atoms with Gasteiger partial charge in [-0.15, -0.1) is 0 Å². The molecule has 0 aromatic heterocycles. The van der Waals surface area contributed by atoms with Crippen LogP contribution in [0.1, 0.15) is 37.9 Å². The van der Waals surface area contributed by atoms with Crippen LogP contribution in [0.4, 0.5) is 4.39 Å². The van der Waals surface area contributed by atoms with Crippen LogP contribution in [-0.2, 0) is 11.2 Å². The van der Waals surface area contributed by atoms with Crippen molar-refractivity contribution < 1.29 is 23.4 Å². The highest BCUT2D eigenvalue weighted by atomic mass is 19.1. The molecule has 0 radical (unpaired) electrons. The van der Waals surface area contributed by atoms with E-state index in [2.05, 4.69) is 5.32 Å². The Balaban J connectivity index is 2.05. The first-order valence-corrected chi connectivity index (χ1v) is 8.99. The number of nitrogens with one attached hydrogen (secondary N) is 1. The third-order valence-electron chi connectivity index (χ3n) is 4.03. The van der Waals surface area contributed by atoms with Crippen molar-refractivity contribution >= 4 is 5.91 Å². The fourth-order valence-electron chi connectivity index (χ4n) is 2.72. The molecule has 1 unspecified atom stereocenters. The molecule has 146 valence electrons. The number of rotatable bonds is 9. The lowest BCUT2D eigenvalue weighted by molar-refractivity contribution is -0.121. The van der Waals surface area contributed by atoms with E-state index in [1.165, 1.54) is 19.2 Å². The van der Waals surface area contributed by atoms with Crippen LogP contribution in [0.2, 0.25) is 0 Å². The van der Waals surface area contributed by atoms with E-state index in [0.29, 0.717) is 30.3 Å². The zero-order valence-corrected chi connectivity index (χ0v) is 16.2. The van der Waals surface area contributed by atoms with Gasteiger partial charge in [0.25, 0.3) is 0 Å². The summed E-state index contributed by atoms with van der Waals surface area (Å²) in [6, 6.07) is 9.88. The summed E-state index contributed by atoms with van der Waals surface area (Å²) in [7, 11) is 1.40. The molecule has 5 nitrogen and oxygen atoms in total. The topological polar surface area (TPSA) is 56.8 Å². The van der Waals surface area contributed by atoms with Crippen LogP contribution in [0.25, 0.3) is 0 Å². The summed E-state index contributed by atoms with van der Waals surface area (Å²) in [6.45, 7) is 6.77. The molecule has 27 heavy (non-hydrogen) atoms. The number of ether oxygens (including phenoxy) is 3. The summed E-state index contributed by atoms with van der Waals surface area (Å²) in [5.41, 5.74) is 1.48. The molecule has 0 saturated heterocycles. The van der Waals surface area contributed by atoms with Crippen molar-refractivity contribution in [3.05, 3.63) is 53.3 Å². The normalized spacial score (nSPS) is 11.6. The monoisotopic (exact) mass is 375 g/mol. The second-order valence-corrected chi connectivity index (χ2v) is 6.01. The maximum atomic E-state index is 13.8. The molecule has 0 bridgehead atoms. The highest BCUT2D eigenvalue weighted by Gasteiger charge is 2.14. The molecule has 1 N–H and O–H groups in total. The van der Waals surface area contributed by atoms with Gasteiger partial charge in [0.2, 0.25) is 5.91 Å². The van der Waals surface area contributed by atoms with Gasteiger partial charge in [0.15, 0.2) is 23.1 Å². The zero-order valence-electron chi connectivity index (χ0n) is 16.2. The van der Waals surface area contributed by atoms with Crippen LogP contribution < -0.4 is 19.5 Å². The fourth-order valence-corrected chi connectivity index (χ4v) is 2.72. The molecular weight excluding hydrogens is 349 g/mol. The average Bonchev–Trinajstić information content (AvgIpc) is 2.63. The molecule has 0 spiro atoms. The van der Waals surface area contributed by atoms with Crippen LogP contribution in [-0.4, -0.2) is 26.2 Å². The van der Waals surface area contributed by atoms with Gasteiger partial charge in [-0.2, -0.15) is 0 Å². The fraction of sp³-hybridized carbons (Fsp3) is 0.381. The van der Waals surface area contributed by atoms with Gasteiger partial charge >= 0.3 is 0 Å². The summed E-state index contributed by atoms with van der Waals surface area (Å²) in [4.78, 5) is 12.3. The van der Waals surface area contributed by atoms with Crippen molar-refractivity contribution in [3.8, 4) is 17.2 Å². The van der Waals surface area contributed by atoms with Crippen molar-refractivity contribution in [1.29, 1.82) is 0 Å². The van der Waals surface area contributed by atoms with Gasteiger partial charge in [-0.1, -0.05) is 12.1 Å². The van der Waals surface area contributed by atoms with Gasteiger partial charge in [-0.25, -0.2) is 4.39 Å². The summed E-state index contributed by atoms with van der Waals surface area (Å²) in [5.74, 6) is 0.804. The zero-order chi connectivity index (χ0) is 19.8. The molecule has 6 heteroatoms. The van der Waals surface area contributed by atoms with Crippen LogP contribution in [0, 0.1) is 5.82 Å². The molecule has 0 aliphatic rings. The lowest BCUT2D eigenvalue weighted by Gasteiger charge is -2.17. The number of hydrogen-bond acceptors (Lipinski definition) is 4. The van der Waals surface area contributed by atoms with E-state index in [9.17, 15) is 9.18 Å². The number of carbonyl (C=O) groups excluding carboxylic acids is 1. The number of carbonyl (C=O) groups is 1. The van der Waals surface area contributed by atoms with Crippen molar-refractivity contribution in [1.82, 2.24) is 5.32 Å². The molecule has 2 aromatic rings. The minimum absolute atomic E-state index is 0.0839. The van der Waals surface area contributed by atoms with E-state index >= 15 is 0 Å². The van der Waals surface area contributed by atoms with E-state index in [4.69, 9.17) is 14.2 Å².